The minimum atomic E-state index is -4.05. The van der Waals surface area contributed by atoms with Gasteiger partial charge in [-0.25, -0.2) is 8.42 Å². The first kappa shape index (κ1) is 30.6. The van der Waals surface area contributed by atoms with E-state index in [0.29, 0.717) is 21.2 Å². The Morgan fingerprint density at radius 3 is 2.38 bits per heavy atom. The molecule has 0 aliphatic heterocycles. The van der Waals surface area contributed by atoms with Crippen molar-refractivity contribution in [1.82, 2.24) is 10.2 Å². The highest BCUT2D eigenvalue weighted by Gasteiger charge is 2.34. The van der Waals surface area contributed by atoms with Crippen LogP contribution in [0.5, 0.6) is 0 Å². The first-order valence-corrected chi connectivity index (χ1v) is 15.2. The molecule has 2 aromatic carbocycles. The maximum Gasteiger partial charge on any atom is 0.271 e. The molecule has 1 aliphatic carbocycles. The van der Waals surface area contributed by atoms with Gasteiger partial charge in [0.25, 0.3) is 5.69 Å². The van der Waals surface area contributed by atoms with Crippen LogP contribution in [-0.4, -0.2) is 54.9 Å². The second-order valence-electron chi connectivity index (χ2n) is 9.67. The first-order chi connectivity index (χ1) is 18.3. The Balaban J connectivity index is 2.01. The molecule has 1 fully saturated rings. The van der Waals surface area contributed by atoms with E-state index in [9.17, 15) is 28.1 Å². The molecular weight excluding hydrogens is 567 g/mol. The molecular formula is C26H32Cl2N4O6S. The van der Waals surface area contributed by atoms with Crippen molar-refractivity contribution in [2.24, 2.45) is 0 Å². The summed E-state index contributed by atoms with van der Waals surface area (Å²) in [7, 11) is -4.05. The van der Waals surface area contributed by atoms with Crippen molar-refractivity contribution < 1.29 is 22.9 Å². The van der Waals surface area contributed by atoms with Crippen LogP contribution in [0.3, 0.4) is 0 Å². The zero-order valence-electron chi connectivity index (χ0n) is 22.0. The third-order valence-electron chi connectivity index (χ3n) is 6.79. The number of nitrogens with one attached hydrogen (secondary N) is 1. The lowest BCUT2D eigenvalue weighted by molar-refractivity contribution is -0.384. The summed E-state index contributed by atoms with van der Waals surface area (Å²) in [6.45, 7) is 2.62. The van der Waals surface area contributed by atoms with Gasteiger partial charge in [-0.3, -0.25) is 24.0 Å². The van der Waals surface area contributed by atoms with Gasteiger partial charge in [0.05, 0.1) is 16.9 Å². The number of nitrogens with zero attached hydrogens (tertiary/aromatic N) is 3. The molecule has 0 bridgehead atoms. The second kappa shape index (κ2) is 13.0. The third-order valence-corrected chi connectivity index (χ3v) is 8.51. The molecule has 0 saturated heterocycles. The molecule has 1 aliphatic rings. The van der Waals surface area contributed by atoms with Crippen LogP contribution in [0.1, 0.15) is 50.2 Å². The van der Waals surface area contributed by atoms with E-state index in [0.717, 1.165) is 42.3 Å². The zero-order valence-corrected chi connectivity index (χ0v) is 24.4. The summed E-state index contributed by atoms with van der Waals surface area (Å²) in [5, 5.41) is 15.1. The fourth-order valence-electron chi connectivity index (χ4n) is 4.70. The Labute approximate surface area is 238 Å². The van der Waals surface area contributed by atoms with Crippen molar-refractivity contribution in [2.45, 2.75) is 64.6 Å². The number of carbonyl (C=O) groups excluding carboxylic acids is 2. The van der Waals surface area contributed by atoms with Crippen molar-refractivity contribution in [2.75, 3.05) is 17.1 Å². The van der Waals surface area contributed by atoms with Crippen LogP contribution < -0.4 is 9.62 Å². The fourth-order valence-corrected chi connectivity index (χ4v) is 6.06. The SMILES string of the molecule is CC[C@H](C(=O)NC1CCCC1)N(Cc1ccc(Cl)cc1Cl)C(=O)CN(c1cc([N+](=O)[O-])ccc1C)S(C)(=O)=O. The molecule has 13 heteroatoms. The number of aryl methyl sites for hydroxylation is 1. The van der Waals surface area contributed by atoms with E-state index in [1.54, 1.807) is 26.0 Å². The van der Waals surface area contributed by atoms with Gasteiger partial charge >= 0.3 is 0 Å². The molecule has 0 spiro atoms. The lowest BCUT2D eigenvalue weighted by Crippen LogP contribution is -2.53. The Bertz CT molecular complexity index is 1350. The summed E-state index contributed by atoms with van der Waals surface area (Å²) in [5.41, 5.74) is 0.646. The lowest BCUT2D eigenvalue weighted by atomic mass is 10.1. The summed E-state index contributed by atoms with van der Waals surface area (Å²) in [5.74, 6) is -0.994. The van der Waals surface area contributed by atoms with E-state index in [1.807, 2.05) is 0 Å². The third kappa shape index (κ3) is 7.83. The van der Waals surface area contributed by atoms with Crippen molar-refractivity contribution in [3.8, 4) is 0 Å². The van der Waals surface area contributed by atoms with Crippen LogP contribution in [-0.2, 0) is 26.2 Å². The fraction of sp³-hybridized carbons (Fsp3) is 0.462. The summed E-state index contributed by atoms with van der Waals surface area (Å²) in [6.07, 6.45) is 4.92. The molecule has 0 radical (unpaired) electrons. The molecule has 0 aromatic heterocycles. The molecule has 1 N–H and O–H groups in total. The van der Waals surface area contributed by atoms with Gasteiger partial charge in [0, 0.05) is 34.8 Å². The highest BCUT2D eigenvalue weighted by Crippen LogP contribution is 2.29. The van der Waals surface area contributed by atoms with Gasteiger partial charge in [-0.15, -0.1) is 0 Å². The van der Waals surface area contributed by atoms with Crippen LogP contribution in [0.4, 0.5) is 11.4 Å². The molecule has 2 amide bonds. The van der Waals surface area contributed by atoms with E-state index in [4.69, 9.17) is 23.2 Å². The smallest absolute Gasteiger partial charge is 0.271 e. The normalized spacial score (nSPS) is 14.6. The van der Waals surface area contributed by atoms with E-state index >= 15 is 0 Å². The standard InChI is InChI=1S/C26H32Cl2N4O6S/c1-4-23(26(34)29-20-7-5-6-8-20)30(15-18-10-11-19(27)13-22(18)28)25(33)16-31(39(3,37)38)24-14-21(32(35)36)12-9-17(24)2/h9-14,20,23H,4-8,15-16H2,1-3H3,(H,29,34)/t23-/m1/s1. The molecule has 212 valence electrons. The molecule has 0 heterocycles. The Morgan fingerprint density at radius 1 is 1.15 bits per heavy atom. The maximum atomic E-state index is 13.9. The molecule has 2 aromatic rings. The number of carbonyl (C=O) groups is 2. The van der Waals surface area contributed by atoms with Gasteiger partial charge in [0.2, 0.25) is 21.8 Å². The summed E-state index contributed by atoms with van der Waals surface area (Å²) in [4.78, 5) is 39.3. The molecule has 3 rings (SSSR count). The lowest BCUT2D eigenvalue weighted by Gasteiger charge is -2.33. The summed E-state index contributed by atoms with van der Waals surface area (Å²) in [6, 6.07) is 7.69. The number of benzene rings is 2. The monoisotopic (exact) mass is 598 g/mol. The van der Waals surface area contributed by atoms with Crippen molar-refractivity contribution in [3.63, 3.8) is 0 Å². The average molecular weight is 600 g/mol. The van der Waals surface area contributed by atoms with E-state index in [2.05, 4.69) is 5.32 Å². The van der Waals surface area contributed by atoms with E-state index in [1.165, 1.54) is 23.1 Å². The van der Waals surface area contributed by atoms with Gasteiger partial charge in [0.15, 0.2) is 0 Å². The van der Waals surface area contributed by atoms with Gasteiger partial charge in [0.1, 0.15) is 12.6 Å². The van der Waals surface area contributed by atoms with Crippen LogP contribution in [0.2, 0.25) is 10.0 Å². The topological polar surface area (TPSA) is 130 Å². The minimum absolute atomic E-state index is 0.00739. The number of sulfonamides is 1. The van der Waals surface area contributed by atoms with Gasteiger partial charge in [-0.05, 0) is 49.4 Å². The van der Waals surface area contributed by atoms with Crippen LogP contribution >= 0.6 is 23.2 Å². The van der Waals surface area contributed by atoms with Gasteiger partial charge < -0.3 is 10.2 Å². The van der Waals surface area contributed by atoms with Crippen LogP contribution in [0, 0.1) is 17.0 Å². The number of rotatable bonds is 11. The molecule has 1 saturated carbocycles. The number of hydrogen-bond acceptors (Lipinski definition) is 6. The highest BCUT2D eigenvalue weighted by atomic mass is 35.5. The Hall–Kier alpha value is -2.89. The van der Waals surface area contributed by atoms with Crippen molar-refractivity contribution in [1.29, 1.82) is 0 Å². The predicted octanol–water partition coefficient (Wildman–Crippen LogP) is 4.84. The highest BCUT2D eigenvalue weighted by molar-refractivity contribution is 7.92. The van der Waals surface area contributed by atoms with Crippen molar-refractivity contribution >= 4 is 56.4 Å². The predicted molar refractivity (Wildman–Crippen MR) is 152 cm³/mol. The van der Waals surface area contributed by atoms with Crippen LogP contribution in [0.25, 0.3) is 0 Å². The minimum Gasteiger partial charge on any atom is -0.352 e. The number of amides is 2. The maximum absolute atomic E-state index is 13.9. The van der Waals surface area contributed by atoms with Crippen molar-refractivity contribution in [3.05, 3.63) is 67.7 Å². The van der Waals surface area contributed by atoms with E-state index in [-0.39, 0.29) is 36.3 Å². The van der Waals surface area contributed by atoms with E-state index < -0.39 is 33.4 Å². The Morgan fingerprint density at radius 2 is 1.82 bits per heavy atom. The van der Waals surface area contributed by atoms with Gasteiger partial charge in [-0.1, -0.05) is 55.1 Å². The molecule has 0 unspecified atom stereocenters. The van der Waals surface area contributed by atoms with Crippen LogP contribution in [0.15, 0.2) is 36.4 Å². The number of non-ortho nitro benzene ring substituents is 1. The largest absolute Gasteiger partial charge is 0.352 e. The molecule has 10 nitrogen and oxygen atoms in total. The number of nitro groups is 1. The summed E-state index contributed by atoms with van der Waals surface area (Å²) >= 11 is 12.4. The number of nitro benzene ring substituents is 1. The molecule has 39 heavy (non-hydrogen) atoms. The molecule has 1 atom stereocenters. The zero-order chi connectivity index (χ0) is 28.9. The quantitative estimate of drug-likeness (QED) is 0.291. The number of hydrogen-bond donors (Lipinski definition) is 1. The first-order valence-electron chi connectivity index (χ1n) is 12.6. The second-order valence-corrected chi connectivity index (χ2v) is 12.4. The number of anilines is 1. The van der Waals surface area contributed by atoms with Gasteiger partial charge in [-0.2, -0.15) is 0 Å². The summed E-state index contributed by atoms with van der Waals surface area (Å²) < 4.78 is 26.5. The average Bonchev–Trinajstić information content (AvgIpc) is 3.36. The number of halogens is 2. The Kier molecular flexibility index (Phi) is 10.2.